The summed E-state index contributed by atoms with van der Waals surface area (Å²) in [4.78, 5) is 23.5. The molecule has 0 aliphatic heterocycles. The molecule has 0 atom stereocenters. The molecular weight excluding hydrogens is 386 g/mol. The average Bonchev–Trinajstić information content (AvgIpc) is 2.62. The van der Waals surface area contributed by atoms with Crippen LogP contribution >= 0.6 is 15.9 Å². The monoisotopic (exact) mass is 403 g/mol. The molecule has 0 bridgehead atoms. The van der Waals surface area contributed by atoms with Gasteiger partial charge in [0.2, 0.25) is 11.8 Å². The summed E-state index contributed by atoms with van der Waals surface area (Å²) < 4.78 is 5.99. The van der Waals surface area contributed by atoms with E-state index in [9.17, 15) is 9.59 Å². The van der Waals surface area contributed by atoms with Crippen LogP contribution in [0.15, 0.2) is 58.1 Å². The summed E-state index contributed by atoms with van der Waals surface area (Å²) in [5.74, 6) is 0.199. The van der Waals surface area contributed by atoms with Gasteiger partial charge in [-0.1, -0.05) is 15.9 Å². The Hall–Kier alpha value is -2.67. The van der Waals surface area contributed by atoms with Crippen molar-refractivity contribution in [2.45, 2.75) is 12.8 Å². The second-order valence-electron chi connectivity index (χ2n) is 5.12. The molecule has 0 aromatic heterocycles. The number of amides is 2. The Balaban J connectivity index is 1.71. The van der Waals surface area contributed by atoms with Gasteiger partial charge in [-0.05, 0) is 54.1 Å². The smallest absolute Gasteiger partial charge is 0.240 e. The Bertz CT molecular complexity index is 743. The summed E-state index contributed by atoms with van der Waals surface area (Å²) in [6.07, 6.45) is 1.67. The van der Waals surface area contributed by atoms with Crippen molar-refractivity contribution < 1.29 is 14.3 Å². The fourth-order valence-electron chi connectivity index (χ4n) is 1.91. The van der Waals surface area contributed by atoms with E-state index in [1.807, 2.05) is 24.3 Å². The molecule has 0 aliphatic carbocycles. The van der Waals surface area contributed by atoms with Gasteiger partial charge >= 0.3 is 0 Å². The van der Waals surface area contributed by atoms with Crippen LogP contribution in [0.2, 0.25) is 0 Å². The van der Waals surface area contributed by atoms with Crippen molar-refractivity contribution in [2.75, 3.05) is 12.4 Å². The summed E-state index contributed by atoms with van der Waals surface area (Å²) in [6.45, 7) is 0. The van der Waals surface area contributed by atoms with Crippen LogP contribution in [0, 0.1) is 0 Å². The van der Waals surface area contributed by atoms with Crippen molar-refractivity contribution in [1.29, 1.82) is 0 Å². The van der Waals surface area contributed by atoms with E-state index in [0.717, 1.165) is 15.8 Å². The molecule has 0 spiro atoms. The number of hydrogen-bond donors (Lipinski definition) is 2. The lowest BCUT2D eigenvalue weighted by Crippen LogP contribution is -2.20. The van der Waals surface area contributed by atoms with Crippen LogP contribution in [-0.2, 0) is 9.59 Å². The first-order valence-electron chi connectivity index (χ1n) is 7.58. The average molecular weight is 404 g/mol. The molecule has 0 saturated heterocycles. The van der Waals surface area contributed by atoms with Gasteiger partial charge in [0, 0.05) is 23.0 Å². The van der Waals surface area contributed by atoms with Gasteiger partial charge in [-0.2, -0.15) is 5.10 Å². The molecular formula is C18H18BrN3O3. The number of benzene rings is 2. The fourth-order valence-corrected chi connectivity index (χ4v) is 2.17. The van der Waals surface area contributed by atoms with Gasteiger partial charge in [0.15, 0.2) is 0 Å². The second kappa shape index (κ2) is 9.58. The first-order chi connectivity index (χ1) is 12.1. The third-order valence-electron chi connectivity index (χ3n) is 3.23. The zero-order valence-electron chi connectivity index (χ0n) is 13.7. The van der Waals surface area contributed by atoms with Crippen LogP contribution in [0.4, 0.5) is 5.69 Å². The minimum atomic E-state index is -0.323. The molecule has 0 unspecified atom stereocenters. The molecule has 6 nitrogen and oxygen atoms in total. The Morgan fingerprint density at radius 2 is 1.68 bits per heavy atom. The summed E-state index contributed by atoms with van der Waals surface area (Å²) in [7, 11) is 1.59. The fraction of sp³-hybridized carbons (Fsp3) is 0.167. The van der Waals surface area contributed by atoms with Crippen molar-refractivity contribution in [1.82, 2.24) is 5.43 Å². The van der Waals surface area contributed by atoms with E-state index in [2.05, 4.69) is 31.8 Å². The maximum atomic E-state index is 11.8. The Morgan fingerprint density at radius 3 is 2.32 bits per heavy atom. The van der Waals surface area contributed by atoms with Gasteiger partial charge in [-0.3, -0.25) is 9.59 Å². The number of hydrazone groups is 1. The van der Waals surface area contributed by atoms with Crippen molar-refractivity contribution >= 4 is 39.6 Å². The van der Waals surface area contributed by atoms with E-state index in [1.54, 1.807) is 31.4 Å². The zero-order chi connectivity index (χ0) is 18.1. The van der Waals surface area contributed by atoms with Crippen LogP contribution in [0.3, 0.4) is 0 Å². The standard InChI is InChI=1S/C18H18BrN3O3/c1-25-16-8-2-13(3-9-16)12-20-22-18(24)11-10-17(23)21-15-6-4-14(19)5-7-15/h2-9,12H,10-11H2,1H3,(H,21,23)(H,22,24). The van der Waals surface area contributed by atoms with Gasteiger partial charge in [-0.25, -0.2) is 5.43 Å². The Kier molecular flexibility index (Phi) is 7.16. The van der Waals surface area contributed by atoms with E-state index in [4.69, 9.17) is 4.74 Å². The minimum absolute atomic E-state index is 0.0579. The predicted molar refractivity (Wildman–Crippen MR) is 101 cm³/mol. The van der Waals surface area contributed by atoms with Gasteiger partial charge < -0.3 is 10.1 Å². The van der Waals surface area contributed by atoms with Gasteiger partial charge in [-0.15, -0.1) is 0 Å². The van der Waals surface area contributed by atoms with Crippen molar-refractivity contribution in [3.05, 3.63) is 58.6 Å². The van der Waals surface area contributed by atoms with E-state index in [1.165, 1.54) is 6.21 Å². The maximum Gasteiger partial charge on any atom is 0.240 e. The van der Waals surface area contributed by atoms with Crippen LogP contribution < -0.4 is 15.5 Å². The first kappa shape index (κ1) is 18.7. The van der Waals surface area contributed by atoms with Crippen LogP contribution in [-0.4, -0.2) is 25.1 Å². The maximum absolute atomic E-state index is 11.8. The van der Waals surface area contributed by atoms with Crippen LogP contribution in [0.5, 0.6) is 5.75 Å². The van der Waals surface area contributed by atoms with Crippen LogP contribution in [0.25, 0.3) is 0 Å². The van der Waals surface area contributed by atoms with Crippen LogP contribution in [0.1, 0.15) is 18.4 Å². The number of hydrogen-bond acceptors (Lipinski definition) is 4. The molecule has 0 heterocycles. The van der Waals surface area contributed by atoms with Gasteiger partial charge in [0.05, 0.1) is 13.3 Å². The molecule has 2 amide bonds. The lowest BCUT2D eigenvalue weighted by molar-refractivity contribution is -0.124. The second-order valence-corrected chi connectivity index (χ2v) is 6.04. The van der Waals surface area contributed by atoms with E-state index >= 15 is 0 Å². The predicted octanol–water partition coefficient (Wildman–Crippen LogP) is 3.33. The topological polar surface area (TPSA) is 79.8 Å². The molecule has 130 valence electrons. The number of carbonyl (C=O) groups excluding carboxylic acids is 2. The third-order valence-corrected chi connectivity index (χ3v) is 3.75. The number of rotatable bonds is 7. The molecule has 2 aromatic rings. The number of ether oxygens (including phenoxy) is 1. The molecule has 0 aliphatic rings. The lowest BCUT2D eigenvalue weighted by Gasteiger charge is -2.05. The number of nitrogens with zero attached hydrogens (tertiary/aromatic N) is 1. The molecule has 0 radical (unpaired) electrons. The van der Waals surface area contributed by atoms with E-state index in [-0.39, 0.29) is 24.7 Å². The number of methoxy groups -OCH3 is 1. The molecule has 0 fully saturated rings. The summed E-state index contributed by atoms with van der Waals surface area (Å²) >= 11 is 3.32. The highest BCUT2D eigenvalue weighted by Crippen LogP contribution is 2.14. The highest BCUT2D eigenvalue weighted by Gasteiger charge is 2.06. The van der Waals surface area contributed by atoms with E-state index < -0.39 is 0 Å². The normalized spacial score (nSPS) is 10.5. The minimum Gasteiger partial charge on any atom is -0.497 e. The van der Waals surface area contributed by atoms with Crippen molar-refractivity contribution in [2.24, 2.45) is 5.10 Å². The third kappa shape index (κ3) is 6.76. The molecule has 7 heteroatoms. The zero-order valence-corrected chi connectivity index (χ0v) is 15.2. The molecule has 0 saturated carbocycles. The lowest BCUT2D eigenvalue weighted by atomic mass is 10.2. The molecule has 25 heavy (non-hydrogen) atoms. The SMILES string of the molecule is COc1ccc(C=NNC(=O)CCC(=O)Nc2ccc(Br)cc2)cc1. The van der Waals surface area contributed by atoms with Crippen molar-refractivity contribution in [3.63, 3.8) is 0 Å². The van der Waals surface area contributed by atoms with Gasteiger partial charge in [0.1, 0.15) is 5.75 Å². The summed E-state index contributed by atoms with van der Waals surface area (Å²) in [5, 5.41) is 6.59. The molecule has 2 N–H and O–H groups in total. The Morgan fingerprint density at radius 1 is 1.04 bits per heavy atom. The molecule has 2 rings (SSSR count). The molecule has 2 aromatic carbocycles. The highest BCUT2D eigenvalue weighted by molar-refractivity contribution is 9.10. The number of carbonyl (C=O) groups is 2. The number of halogens is 1. The summed E-state index contributed by atoms with van der Waals surface area (Å²) in [6, 6.07) is 14.5. The number of nitrogens with one attached hydrogen (secondary N) is 2. The van der Waals surface area contributed by atoms with E-state index in [0.29, 0.717) is 5.69 Å². The summed E-state index contributed by atoms with van der Waals surface area (Å²) in [5.41, 5.74) is 3.91. The highest BCUT2D eigenvalue weighted by atomic mass is 79.9. The number of anilines is 1. The van der Waals surface area contributed by atoms with Crippen molar-refractivity contribution in [3.8, 4) is 5.75 Å². The van der Waals surface area contributed by atoms with Gasteiger partial charge in [0.25, 0.3) is 0 Å². The Labute approximate surface area is 154 Å². The largest absolute Gasteiger partial charge is 0.497 e. The first-order valence-corrected chi connectivity index (χ1v) is 8.37. The quantitative estimate of drug-likeness (QED) is 0.549.